The van der Waals surface area contributed by atoms with Gasteiger partial charge in [-0.25, -0.2) is 13.8 Å². The van der Waals surface area contributed by atoms with Gasteiger partial charge in [-0.05, 0) is 35.8 Å². The maximum atomic E-state index is 15.2. The number of hydrogen-bond donors (Lipinski definition) is 2. The molecule has 0 aliphatic carbocycles. The van der Waals surface area contributed by atoms with Gasteiger partial charge in [-0.1, -0.05) is 17.7 Å². The molecular weight excluding hydrogens is 496 g/mol. The second-order valence-corrected chi connectivity index (χ2v) is 9.25. The summed E-state index contributed by atoms with van der Waals surface area (Å²) >= 11 is 6.40. The van der Waals surface area contributed by atoms with E-state index in [1.807, 2.05) is 6.07 Å². The molecule has 4 atom stereocenters. The van der Waals surface area contributed by atoms with Crippen LogP contribution in [0.4, 0.5) is 8.78 Å². The largest absolute Gasteiger partial charge is 0.469 e. The van der Waals surface area contributed by atoms with E-state index in [2.05, 4.69) is 9.97 Å². The Bertz CT molecular complexity index is 1410. The molecule has 2 N–H and O–H groups in total. The molecule has 0 spiro atoms. The van der Waals surface area contributed by atoms with Gasteiger partial charge < -0.3 is 29.0 Å². The molecule has 0 saturated carbocycles. The van der Waals surface area contributed by atoms with E-state index in [1.165, 1.54) is 18.2 Å². The SMILES string of the molecule is N#Cc1c(OC2CO[C@@H]3C(O)CO[C@H]23)[nH]c2cc(Cl)c(-c3c(F)cc(C4=CCOCC4)cc3F)nc12. The summed E-state index contributed by atoms with van der Waals surface area (Å²) in [7, 11) is 0. The molecule has 0 bridgehead atoms. The average molecular weight is 516 g/mol. The third kappa shape index (κ3) is 3.84. The number of fused-ring (bicyclic) bond motifs is 2. The first-order valence-electron chi connectivity index (χ1n) is 11.4. The third-order valence-electron chi connectivity index (χ3n) is 6.66. The summed E-state index contributed by atoms with van der Waals surface area (Å²) in [4.78, 5) is 7.33. The van der Waals surface area contributed by atoms with Crippen LogP contribution in [0.5, 0.6) is 5.88 Å². The quantitative estimate of drug-likeness (QED) is 0.544. The molecule has 2 fully saturated rings. The van der Waals surface area contributed by atoms with Gasteiger partial charge in [0.15, 0.2) is 6.10 Å². The fraction of sp³-hybridized carbons (Fsp3) is 0.360. The second-order valence-electron chi connectivity index (χ2n) is 8.84. The van der Waals surface area contributed by atoms with Crippen LogP contribution in [0.2, 0.25) is 5.02 Å². The summed E-state index contributed by atoms with van der Waals surface area (Å²) in [5, 5.41) is 19.8. The molecule has 186 valence electrons. The lowest BCUT2D eigenvalue weighted by atomic mass is 9.98. The van der Waals surface area contributed by atoms with Crippen molar-refractivity contribution in [2.24, 2.45) is 0 Å². The van der Waals surface area contributed by atoms with E-state index in [-0.39, 0.29) is 46.5 Å². The Labute approximate surface area is 209 Å². The lowest BCUT2D eigenvalue weighted by Crippen LogP contribution is -2.34. The van der Waals surface area contributed by atoms with Crippen LogP contribution < -0.4 is 4.74 Å². The Balaban J connectivity index is 1.38. The number of halogens is 3. The molecule has 3 aromatic rings. The zero-order chi connectivity index (χ0) is 25.0. The van der Waals surface area contributed by atoms with Gasteiger partial charge >= 0.3 is 0 Å². The molecule has 3 aliphatic rings. The van der Waals surface area contributed by atoms with Crippen molar-refractivity contribution in [1.29, 1.82) is 5.26 Å². The number of aliphatic hydroxyl groups is 1. The number of aromatic nitrogens is 2. The number of nitrogens with one attached hydrogen (secondary N) is 1. The number of H-pyrrole nitrogens is 1. The minimum Gasteiger partial charge on any atom is -0.469 e. The number of hydrogen-bond acceptors (Lipinski definition) is 7. The summed E-state index contributed by atoms with van der Waals surface area (Å²) in [6.45, 7) is 1.17. The summed E-state index contributed by atoms with van der Waals surface area (Å²) in [5.74, 6) is -1.53. The fourth-order valence-corrected chi connectivity index (χ4v) is 5.15. The number of aliphatic hydroxyl groups excluding tert-OH is 1. The number of pyridine rings is 1. The van der Waals surface area contributed by atoms with Crippen molar-refractivity contribution in [2.75, 3.05) is 26.4 Å². The Kier molecular flexibility index (Phi) is 5.90. The van der Waals surface area contributed by atoms with Crippen molar-refractivity contribution in [3.8, 4) is 23.2 Å². The maximum Gasteiger partial charge on any atom is 0.212 e. The molecule has 1 aromatic carbocycles. The van der Waals surface area contributed by atoms with Gasteiger partial charge in [0.1, 0.15) is 47.1 Å². The monoisotopic (exact) mass is 515 g/mol. The van der Waals surface area contributed by atoms with Crippen molar-refractivity contribution >= 4 is 28.2 Å². The highest BCUT2D eigenvalue weighted by molar-refractivity contribution is 6.33. The Morgan fingerprint density at radius 3 is 2.67 bits per heavy atom. The van der Waals surface area contributed by atoms with E-state index in [0.29, 0.717) is 30.7 Å². The summed E-state index contributed by atoms with van der Waals surface area (Å²) in [6.07, 6.45) is 0.0446. The zero-order valence-corrected chi connectivity index (χ0v) is 19.5. The lowest BCUT2D eigenvalue weighted by Gasteiger charge is -2.16. The van der Waals surface area contributed by atoms with Gasteiger partial charge in [-0.15, -0.1) is 0 Å². The van der Waals surface area contributed by atoms with E-state index in [1.54, 1.807) is 6.08 Å². The zero-order valence-electron chi connectivity index (χ0n) is 18.8. The van der Waals surface area contributed by atoms with Crippen molar-refractivity contribution in [1.82, 2.24) is 9.97 Å². The molecule has 11 heteroatoms. The van der Waals surface area contributed by atoms with E-state index < -0.39 is 36.1 Å². The maximum absolute atomic E-state index is 15.2. The Morgan fingerprint density at radius 2 is 1.94 bits per heavy atom. The second kappa shape index (κ2) is 9.10. The lowest BCUT2D eigenvalue weighted by molar-refractivity contribution is 0.00789. The van der Waals surface area contributed by atoms with Crippen LogP contribution in [0.15, 0.2) is 24.3 Å². The van der Waals surface area contributed by atoms with Crippen molar-refractivity contribution < 1.29 is 32.8 Å². The van der Waals surface area contributed by atoms with E-state index >= 15 is 8.78 Å². The van der Waals surface area contributed by atoms with Crippen LogP contribution in [0.25, 0.3) is 27.9 Å². The van der Waals surface area contributed by atoms with Gasteiger partial charge in [0.2, 0.25) is 5.88 Å². The van der Waals surface area contributed by atoms with Gasteiger partial charge in [-0.2, -0.15) is 5.26 Å². The number of nitriles is 1. The molecule has 2 unspecified atom stereocenters. The van der Waals surface area contributed by atoms with Crippen molar-refractivity contribution in [3.63, 3.8) is 0 Å². The third-order valence-corrected chi connectivity index (χ3v) is 6.95. The summed E-state index contributed by atoms with van der Waals surface area (Å²) in [5.41, 5.74) is 1.30. The average Bonchev–Trinajstić information content (AvgIpc) is 3.54. The van der Waals surface area contributed by atoms with Crippen molar-refractivity contribution in [3.05, 3.63) is 52.1 Å². The molecule has 8 nitrogen and oxygen atoms in total. The van der Waals surface area contributed by atoms with Gasteiger partial charge in [0.05, 0.1) is 48.2 Å². The number of rotatable bonds is 4. The molecule has 2 saturated heterocycles. The molecule has 2 aromatic heterocycles. The molecule has 36 heavy (non-hydrogen) atoms. The molecule has 0 amide bonds. The summed E-state index contributed by atoms with van der Waals surface area (Å²) < 4.78 is 52.8. The van der Waals surface area contributed by atoms with E-state index in [4.69, 9.17) is 30.5 Å². The molecule has 5 heterocycles. The predicted molar refractivity (Wildman–Crippen MR) is 124 cm³/mol. The smallest absolute Gasteiger partial charge is 0.212 e. The van der Waals surface area contributed by atoms with Crippen LogP contribution in [-0.2, 0) is 14.2 Å². The number of ether oxygens (including phenoxy) is 4. The Hall–Kier alpha value is -3.07. The first kappa shape index (κ1) is 23.3. The predicted octanol–water partition coefficient (Wildman–Crippen LogP) is 3.74. The van der Waals surface area contributed by atoms with E-state index in [9.17, 15) is 10.4 Å². The van der Waals surface area contributed by atoms with Crippen LogP contribution in [-0.4, -0.2) is 65.9 Å². The van der Waals surface area contributed by atoms with Crippen LogP contribution in [0.1, 0.15) is 17.5 Å². The highest BCUT2D eigenvalue weighted by Gasteiger charge is 2.48. The van der Waals surface area contributed by atoms with Crippen LogP contribution in [0, 0.1) is 23.0 Å². The summed E-state index contributed by atoms with van der Waals surface area (Å²) in [6, 6.07) is 5.99. The molecular formula is C25H20ClF2N3O5. The Morgan fingerprint density at radius 1 is 1.17 bits per heavy atom. The highest BCUT2D eigenvalue weighted by atomic mass is 35.5. The fourth-order valence-electron chi connectivity index (χ4n) is 4.90. The van der Waals surface area contributed by atoms with Gasteiger partial charge in [-0.3, -0.25) is 0 Å². The van der Waals surface area contributed by atoms with Crippen LogP contribution >= 0.6 is 11.6 Å². The molecule has 0 radical (unpaired) electrons. The number of nitrogens with zero attached hydrogens (tertiary/aromatic N) is 2. The van der Waals surface area contributed by atoms with Crippen LogP contribution in [0.3, 0.4) is 0 Å². The van der Waals surface area contributed by atoms with Gasteiger partial charge in [0.25, 0.3) is 0 Å². The standard InChI is InChI=1S/C25H20ClF2N3O5/c26-14-7-17-21(13(8-29)25(30-17)36-19-10-35-23-18(32)9-34-24(19)23)31-22(14)20-15(27)5-12(6-16(20)28)11-1-3-33-4-2-11/h1,5-7,18-19,23-24,30,32H,2-4,9-10H2/t18?,19?,23-,24-/m1/s1. The topological polar surface area (TPSA) is 110 Å². The number of benzene rings is 1. The first-order valence-corrected chi connectivity index (χ1v) is 11.8. The highest BCUT2D eigenvalue weighted by Crippen LogP contribution is 2.38. The molecule has 3 aliphatic heterocycles. The minimum absolute atomic E-state index is 0.00198. The first-order chi connectivity index (χ1) is 17.4. The normalized spacial score (nSPS) is 25.6. The van der Waals surface area contributed by atoms with Crippen molar-refractivity contribution in [2.45, 2.75) is 30.8 Å². The minimum atomic E-state index is -0.817. The van der Waals surface area contributed by atoms with E-state index in [0.717, 1.165) is 5.57 Å². The molecule has 6 rings (SSSR count). The number of aromatic amines is 1. The van der Waals surface area contributed by atoms with Gasteiger partial charge in [0, 0.05) is 0 Å².